The third kappa shape index (κ3) is 6.95. The van der Waals surface area contributed by atoms with Crippen LogP contribution in [0.5, 0.6) is 0 Å². The van der Waals surface area contributed by atoms with Crippen LogP contribution in [0, 0.1) is 0 Å². The quantitative estimate of drug-likeness (QED) is 0.438. The van der Waals surface area contributed by atoms with Gasteiger partial charge < -0.3 is 15.0 Å². The van der Waals surface area contributed by atoms with E-state index >= 15 is 0 Å². The minimum Gasteiger partial charge on any atom is -0.382 e. The van der Waals surface area contributed by atoms with Gasteiger partial charge in [-0.15, -0.1) is 0 Å². The molecular weight excluding hydrogens is 309 g/mol. The largest absolute Gasteiger partial charge is 0.403 e. The molecule has 1 atom stereocenters. The van der Waals surface area contributed by atoms with Crippen LogP contribution in [-0.2, 0) is 4.74 Å². The summed E-state index contributed by atoms with van der Waals surface area (Å²) in [6.07, 6.45) is -2.21. The van der Waals surface area contributed by atoms with E-state index in [9.17, 15) is 13.2 Å². The average molecular weight is 338 g/mol. The van der Waals surface area contributed by atoms with Gasteiger partial charge in [0.2, 0.25) is 0 Å². The summed E-state index contributed by atoms with van der Waals surface area (Å²) in [6, 6.07) is -1.39. The minimum absolute atomic E-state index is 0.395. The molecule has 1 aliphatic heterocycles. The molecule has 5 nitrogen and oxygen atoms in total. The number of unbranched alkanes of at least 4 members (excludes halogenated alkanes) is 1. The molecule has 0 aromatic rings. The topological polar surface area (TPSA) is 40.1 Å². The molecule has 1 fully saturated rings. The Balaban J connectivity index is 2.31. The highest BCUT2D eigenvalue weighted by Crippen LogP contribution is 2.25. The Bertz CT molecular complexity index is 355. The summed E-state index contributed by atoms with van der Waals surface area (Å²) in [4.78, 5) is 7.72. The summed E-state index contributed by atoms with van der Waals surface area (Å²) >= 11 is 0. The van der Waals surface area contributed by atoms with Crippen molar-refractivity contribution >= 4 is 5.96 Å². The van der Waals surface area contributed by atoms with Crippen LogP contribution >= 0.6 is 0 Å². The number of ether oxygens (including phenoxy) is 1. The van der Waals surface area contributed by atoms with E-state index in [1.165, 1.54) is 11.8 Å². The Morgan fingerprint density at radius 1 is 1.22 bits per heavy atom. The fourth-order valence-corrected chi connectivity index (χ4v) is 2.53. The molecule has 0 spiro atoms. The molecule has 1 aliphatic rings. The van der Waals surface area contributed by atoms with Gasteiger partial charge in [0.25, 0.3) is 0 Å². The third-order valence-electron chi connectivity index (χ3n) is 4.05. The van der Waals surface area contributed by atoms with Crippen molar-refractivity contribution in [3.05, 3.63) is 0 Å². The van der Waals surface area contributed by atoms with Crippen LogP contribution in [0.15, 0.2) is 4.99 Å². The van der Waals surface area contributed by atoms with Crippen molar-refractivity contribution in [2.24, 2.45) is 4.99 Å². The number of nitrogens with one attached hydrogen (secondary N) is 1. The van der Waals surface area contributed by atoms with E-state index in [0.717, 1.165) is 38.6 Å². The number of hydrogen-bond acceptors (Lipinski definition) is 3. The van der Waals surface area contributed by atoms with E-state index in [4.69, 9.17) is 4.74 Å². The maximum Gasteiger partial charge on any atom is 0.403 e. The Hall–Kier alpha value is -1.02. The number of aliphatic imine (C=N–C) groups is 1. The van der Waals surface area contributed by atoms with Gasteiger partial charge in [0.1, 0.15) is 6.04 Å². The van der Waals surface area contributed by atoms with Gasteiger partial charge in [-0.2, -0.15) is 13.2 Å². The lowest BCUT2D eigenvalue weighted by atomic mass is 10.2. The summed E-state index contributed by atoms with van der Waals surface area (Å²) in [5, 5.41) is 3.27. The molecule has 0 saturated carbocycles. The molecule has 0 bridgehead atoms. The fraction of sp³-hybridized carbons (Fsp3) is 0.933. The summed E-state index contributed by atoms with van der Waals surface area (Å²) < 4.78 is 43.5. The van der Waals surface area contributed by atoms with Gasteiger partial charge in [0.05, 0.1) is 0 Å². The van der Waals surface area contributed by atoms with Crippen molar-refractivity contribution < 1.29 is 17.9 Å². The second kappa shape index (κ2) is 9.97. The number of rotatable bonds is 7. The van der Waals surface area contributed by atoms with Crippen molar-refractivity contribution in [1.82, 2.24) is 15.1 Å². The lowest BCUT2D eigenvalue weighted by Gasteiger charge is -2.39. The molecule has 1 heterocycles. The number of piperazine rings is 1. The summed E-state index contributed by atoms with van der Waals surface area (Å²) in [5.74, 6) is 0.765. The van der Waals surface area contributed by atoms with Gasteiger partial charge in [0.15, 0.2) is 5.96 Å². The van der Waals surface area contributed by atoms with Gasteiger partial charge in [-0.05, 0) is 26.7 Å². The molecule has 1 unspecified atom stereocenters. The van der Waals surface area contributed by atoms with E-state index in [-0.39, 0.29) is 0 Å². The summed E-state index contributed by atoms with van der Waals surface area (Å²) in [7, 11) is 1.70. The number of guanidine groups is 1. The third-order valence-corrected chi connectivity index (χ3v) is 4.05. The van der Waals surface area contributed by atoms with E-state index < -0.39 is 12.2 Å². The zero-order chi connectivity index (χ0) is 17.3. The normalized spacial score (nSPS) is 19.0. The highest BCUT2D eigenvalue weighted by atomic mass is 19.4. The van der Waals surface area contributed by atoms with Gasteiger partial charge >= 0.3 is 6.18 Å². The molecule has 8 heteroatoms. The smallest absolute Gasteiger partial charge is 0.382 e. The van der Waals surface area contributed by atoms with Crippen LogP contribution in [0.1, 0.15) is 26.7 Å². The molecule has 0 radical (unpaired) electrons. The van der Waals surface area contributed by atoms with Gasteiger partial charge in [0, 0.05) is 53.0 Å². The Morgan fingerprint density at radius 3 is 2.39 bits per heavy atom. The predicted octanol–water partition coefficient (Wildman–Crippen LogP) is 1.95. The minimum atomic E-state index is -4.16. The molecule has 1 N–H and O–H groups in total. The lowest BCUT2D eigenvalue weighted by Crippen LogP contribution is -2.56. The zero-order valence-corrected chi connectivity index (χ0v) is 14.3. The first-order valence-electron chi connectivity index (χ1n) is 8.24. The maximum atomic E-state index is 12.7. The standard InChI is InChI=1S/C15H29F3N4O/c1-4-23-12-6-5-7-20-14(19-3)22-10-8-21(9-11-22)13(2)15(16,17)18/h13H,4-12H2,1-3H3,(H,19,20). The van der Waals surface area contributed by atoms with Gasteiger partial charge in [-0.1, -0.05) is 0 Å². The van der Waals surface area contributed by atoms with Crippen molar-refractivity contribution in [3.8, 4) is 0 Å². The fourth-order valence-electron chi connectivity index (χ4n) is 2.53. The lowest BCUT2D eigenvalue weighted by molar-refractivity contribution is -0.181. The van der Waals surface area contributed by atoms with Crippen LogP contribution in [0.2, 0.25) is 0 Å². The first-order chi connectivity index (χ1) is 10.9. The molecule has 0 aromatic carbocycles. The number of halogens is 3. The Kier molecular flexibility index (Phi) is 8.68. The molecule has 1 rings (SSSR count). The van der Waals surface area contributed by atoms with E-state index in [1.54, 1.807) is 7.05 Å². The van der Waals surface area contributed by atoms with Gasteiger partial charge in [-0.3, -0.25) is 9.89 Å². The number of hydrogen-bond donors (Lipinski definition) is 1. The van der Waals surface area contributed by atoms with Crippen molar-refractivity contribution in [2.75, 3.05) is 53.0 Å². The molecule has 136 valence electrons. The Morgan fingerprint density at radius 2 is 1.87 bits per heavy atom. The summed E-state index contributed by atoms with van der Waals surface area (Å²) in [5.41, 5.74) is 0. The Labute approximate surface area is 136 Å². The van der Waals surface area contributed by atoms with E-state index in [2.05, 4.69) is 10.3 Å². The van der Waals surface area contributed by atoms with E-state index in [1.807, 2.05) is 11.8 Å². The number of alkyl halides is 3. The molecule has 1 saturated heterocycles. The monoisotopic (exact) mass is 338 g/mol. The molecular formula is C15H29F3N4O. The number of nitrogens with zero attached hydrogens (tertiary/aromatic N) is 3. The SMILES string of the molecule is CCOCCCCNC(=NC)N1CCN(C(C)C(F)(F)F)CC1. The molecule has 0 aromatic heterocycles. The summed E-state index contributed by atoms with van der Waals surface area (Å²) in [6.45, 7) is 7.37. The first-order valence-corrected chi connectivity index (χ1v) is 8.24. The zero-order valence-electron chi connectivity index (χ0n) is 14.3. The van der Waals surface area contributed by atoms with Crippen LogP contribution in [0.25, 0.3) is 0 Å². The molecule has 0 amide bonds. The van der Waals surface area contributed by atoms with E-state index in [0.29, 0.717) is 26.2 Å². The first kappa shape index (κ1) is 20.0. The highest BCUT2D eigenvalue weighted by molar-refractivity contribution is 5.79. The second-order valence-corrected chi connectivity index (χ2v) is 5.62. The average Bonchev–Trinajstić information content (AvgIpc) is 2.53. The van der Waals surface area contributed by atoms with Crippen molar-refractivity contribution in [3.63, 3.8) is 0 Å². The van der Waals surface area contributed by atoms with Crippen molar-refractivity contribution in [2.45, 2.75) is 38.9 Å². The molecule has 0 aliphatic carbocycles. The van der Waals surface area contributed by atoms with Crippen molar-refractivity contribution in [1.29, 1.82) is 0 Å². The van der Waals surface area contributed by atoms with Gasteiger partial charge in [-0.25, -0.2) is 0 Å². The maximum absolute atomic E-state index is 12.7. The predicted molar refractivity (Wildman–Crippen MR) is 85.8 cm³/mol. The second-order valence-electron chi connectivity index (χ2n) is 5.62. The van der Waals surface area contributed by atoms with Crippen LogP contribution < -0.4 is 5.32 Å². The molecule has 23 heavy (non-hydrogen) atoms. The van der Waals surface area contributed by atoms with Crippen LogP contribution in [0.3, 0.4) is 0 Å². The highest BCUT2D eigenvalue weighted by Gasteiger charge is 2.40. The van der Waals surface area contributed by atoms with Crippen LogP contribution in [-0.4, -0.2) is 81.0 Å². The van der Waals surface area contributed by atoms with Crippen LogP contribution in [0.4, 0.5) is 13.2 Å².